The standard InChI is InChI=1S/C18H27NO3/c1-13-6-5-11-19(17(21)22-18(2,3)4)16(13)12-14-7-9-15(20)10-8-14/h7-10,13,16,20H,5-6,11-12H2,1-4H3. The quantitative estimate of drug-likeness (QED) is 0.899. The lowest BCUT2D eigenvalue weighted by Gasteiger charge is -2.40. The number of piperidine rings is 1. The van der Waals surface area contributed by atoms with E-state index in [4.69, 9.17) is 4.74 Å². The SMILES string of the molecule is CC1CCCN(C(=O)OC(C)(C)C)C1Cc1ccc(O)cc1. The fraction of sp³-hybridized carbons (Fsp3) is 0.611. The zero-order valence-corrected chi connectivity index (χ0v) is 14.0. The van der Waals surface area contributed by atoms with Crippen molar-refractivity contribution >= 4 is 6.09 Å². The minimum absolute atomic E-state index is 0.146. The molecule has 0 aromatic heterocycles. The Morgan fingerprint density at radius 3 is 2.55 bits per heavy atom. The van der Waals surface area contributed by atoms with Gasteiger partial charge in [0.25, 0.3) is 0 Å². The van der Waals surface area contributed by atoms with Crippen molar-refractivity contribution in [1.82, 2.24) is 4.90 Å². The number of likely N-dealkylation sites (tertiary alicyclic amines) is 1. The predicted molar refractivity (Wildman–Crippen MR) is 86.9 cm³/mol. The molecule has 1 saturated heterocycles. The first-order valence-electron chi connectivity index (χ1n) is 8.04. The normalized spacial score (nSPS) is 22.5. The van der Waals surface area contributed by atoms with E-state index in [0.717, 1.165) is 31.4 Å². The number of amides is 1. The summed E-state index contributed by atoms with van der Waals surface area (Å²) in [7, 11) is 0. The Bertz CT molecular complexity index is 504. The van der Waals surface area contributed by atoms with Crippen LogP contribution < -0.4 is 0 Å². The summed E-state index contributed by atoms with van der Waals surface area (Å²) in [6.45, 7) is 8.64. The predicted octanol–water partition coefficient (Wildman–Crippen LogP) is 3.97. The van der Waals surface area contributed by atoms with Crippen LogP contribution in [0.2, 0.25) is 0 Å². The van der Waals surface area contributed by atoms with Crippen LogP contribution >= 0.6 is 0 Å². The Morgan fingerprint density at radius 2 is 1.95 bits per heavy atom. The number of hydrogen-bond acceptors (Lipinski definition) is 3. The highest BCUT2D eigenvalue weighted by Gasteiger charge is 2.34. The van der Waals surface area contributed by atoms with Gasteiger partial charge in [-0.3, -0.25) is 0 Å². The highest BCUT2D eigenvalue weighted by molar-refractivity contribution is 5.68. The zero-order chi connectivity index (χ0) is 16.3. The number of ether oxygens (including phenoxy) is 1. The van der Waals surface area contributed by atoms with Crippen LogP contribution in [0.3, 0.4) is 0 Å². The van der Waals surface area contributed by atoms with Crippen LogP contribution in [0.25, 0.3) is 0 Å². The molecule has 1 heterocycles. The van der Waals surface area contributed by atoms with E-state index in [1.807, 2.05) is 37.8 Å². The molecule has 4 nitrogen and oxygen atoms in total. The summed E-state index contributed by atoms with van der Waals surface area (Å²) in [6, 6.07) is 7.38. The summed E-state index contributed by atoms with van der Waals surface area (Å²) in [5, 5.41) is 9.40. The Morgan fingerprint density at radius 1 is 1.32 bits per heavy atom. The summed E-state index contributed by atoms with van der Waals surface area (Å²) < 4.78 is 5.56. The number of phenolic OH excluding ortho intramolecular Hbond substituents is 1. The molecule has 2 unspecified atom stereocenters. The van der Waals surface area contributed by atoms with Crippen LogP contribution in [-0.4, -0.2) is 34.3 Å². The van der Waals surface area contributed by atoms with Gasteiger partial charge in [0.05, 0.1) is 0 Å². The molecule has 1 N–H and O–H groups in total. The molecule has 4 heteroatoms. The van der Waals surface area contributed by atoms with Gasteiger partial charge < -0.3 is 14.7 Å². The van der Waals surface area contributed by atoms with Gasteiger partial charge in [0, 0.05) is 12.6 Å². The fourth-order valence-corrected chi connectivity index (χ4v) is 2.98. The minimum atomic E-state index is -0.471. The number of hydrogen-bond donors (Lipinski definition) is 1. The second kappa shape index (κ2) is 6.59. The molecule has 0 bridgehead atoms. The second-order valence-corrected chi connectivity index (χ2v) is 7.23. The van der Waals surface area contributed by atoms with Gasteiger partial charge in [-0.05, 0) is 63.6 Å². The van der Waals surface area contributed by atoms with Gasteiger partial charge in [-0.2, -0.15) is 0 Å². The molecule has 22 heavy (non-hydrogen) atoms. The lowest BCUT2D eigenvalue weighted by Crippen LogP contribution is -2.50. The molecular weight excluding hydrogens is 278 g/mol. The summed E-state index contributed by atoms with van der Waals surface area (Å²) in [5.41, 5.74) is 0.658. The second-order valence-electron chi connectivity index (χ2n) is 7.23. The minimum Gasteiger partial charge on any atom is -0.508 e. The van der Waals surface area contributed by atoms with E-state index in [0.29, 0.717) is 5.92 Å². The lowest BCUT2D eigenvalue weighted by atomic mass is 9.87. The number of rotatable bonds is 2. The first-order valence-corrected chi connectivity index (χ1v) is 8.04. The molecule has 0 saturated carbocycles. The van der Waals surface area contributed by atoms with E-state index in [9.17, 15) is 9.90 Å². The third-order valence-electron chi connectivity index (χ3n) is 4.12. The maximum Gasteiger partial charge on any atom is 0.410 e. The van der Waals surface area contributed by atoms with Gasteiger partial charge in [-0.1, -0.05) is 19.1 Å². The largest absolute Gasteiger partial charge is 0.508 e. The highest BCUT2D eigenvalue weighted by atomic mass is 16.6. The van der Waals surface area contributed by atoms with Crippen molar-refractivity contribution in [2.75, 3.05) is 6.54 Å². The van der Waals surface area contributed by atoms with Crippen molar-refractivity contribution in [1.29, 1.82) is 0 Å². The van der Waals surface area contributed by atoms with Crippen LogP contribution in [0.4, 0.5) is 4.79 Å². The van der Waals surface area contributed by atoms with Gasteiger partial charge >= 0.3 is 6.09 Å². The monoisotopic (exact) mass is 305 g/mol. The highest BCUT2D eigenvalue weighted by Crippen LogP contribution is 2.28. The van der Waals surface area contributed by atoms with Crippen molar-refractivity contribution in [3.05, 3.63) is 29.8 Å². The lowest BCUT2D eigenvalue weighted by molar-refractivity contribution is 0.00177. The summed E-state index contributed by atoms with van der Waals surface area (Å²) in [5.74, 6) is 0.708. The van der Waals surface area contributed by atoms with E-state index in [-0.39, 0.29) is 17.9 Å². The van der Waals surface area contributed by atoms with Gasteiger partial charge in [0.1, 0.15) is 11.4 Å². The third-order valence-corrected chi connectivity index (χ3v) is 4.12. The molecule has 2 rings (SSSR count). The number of benzene rings is 1. The van der Waals surface area contributed by atoms with Crippen LogP contribution in [0.1, 0.15) is 46.1 Å². The van der Waals surface area contributed by atoms with Crippen LogP contribution in [0, 0.1) is 5.92 Å². The maximum absolute atomic E-state index is 12.5. The summed E-state index contributed by atoms with van der Waals surface area (Å²) in [4.78, 5) is 14.4. The van der Waals surface area contributed by atoms with Crippen molar-refractivity contribution < 1.29 is 14.6 Å². The average molecular weight is 305 g/mol. The third kappa shape index (κ3) is 4.39. The Kier molecular flexibility index (Phi) is 4.99. The van der Waals surface area contributed by atoms with Crippen molar-refractivity contribution in [3.63, 3.8) is 0 Å². The molecule has 1 aromatic carbocycles. The molecule has 1 fully saturated rings. The van der Waals surface area contributed by atoms with E-state index < -0.39 is 5.60 Å². The average Bonchev–Trinajstić information content (AvgIpc) is 2.41. The van der Waals surface area contributed by atoms with Crippen molar-refractivity contribution in [2.24, 2.45) is 5.92 Å². The smallest absolute Gasteiger partial charge is 0.410 e. The molecule has 1 aliphatic heterocycles. The van der Waals surface area contributed by atoms with Gasteiger partial charge in [0.15, 0.2) is 0 Å². The number of carbonyl (C=O) groups is 1. The van der Waals surface area contributed by atoms with E-state index >= 15 is 0 Å². The number of carbonyl (C=O) groups excluding carboxylic acids is 1. The van der Waals surface area contributed by atoms with Crippen molar-refractivity contribution in [2.45, 2.75) is 58.6 Å². The molecule has 1 amide bonds. The van der Waals surface area contributed by atoms with Crippen LogP contribution in [0.5, 0.6) is 5.75 Å². The number of nitrogens with zero attached hydrogens (tertiary/aromatic N) is 1. The molecule has 0 aliphatic carbocycles. The number of aromatic hydroxyl groups is 1. The van der Waals surface area contributed by atoms with Gasteiger partial charge in [0.2, 0.25) is 0 Å². The Balaban J connectivity index is 2.12. The van der Waals surface area contributed by atoms with Gasteiger partial charge in [-0.15, -0.1) is 0 Å². The summed E-state index contributed by atoms with van der Waals surface area (Å²) >= 11 is 0. The number of phenols is 1. The van der Waals surface area contributed by atoms with E-state index in [1.165, 1.54) is 0 Å². The fourth-order valence-electron chi connectivity index (χ4n) is 2.98. The molecule has 122 valence electrons. The van der Waals surface area contributed by atoms with Gasteiger partial charge in [-0.25, -0.2) is 4.79 Å². The Hall–Kier alpha value is -1.71. The molecule has 2 atom stereocenters. The zero-order valence-electron chi connectivity index (χ0n) is 14.0. The molecule has 0 spiro atoms. The molecule has 1 aromatic rings. The Labute approximate surface area is 133 Å². The first-order chi connectivity index (χ1) is 10.3. The van der Waals surface area contributed by atoms with E-state index in [1.54, 1.807) is 12.1 Å². The maximum atomic E-state index is 12.5. The molecule has 0 radical (unpaired) electrons. The summed E-state index contributed by atoms with van der Waals surface area (Å²) in [6.07, 6.45) is 2.72. The molecular formula is C18H27NO3. The first kappa shape index (κ1) is 16.7. The van der Waals surface area contributed by atoms with Crippen molar-refractivity contribution in [3.8, 4) is 5.75 Å². The van der Waals surface area contributed by atoms with Crippen LogP contribution in [0.15, 0.2) is 24.3 Å². The topological polar surface area (TPSA) is 49.8 Å². The molecule has 1 aliphatic rings. The van der Waals surface area contributed by atoms with E-state index in [2.05, 4.69) is 6.92 Å². The van der Waals surface area contributed by atoms with Crippen LogP contribution in [-0.2, 0) is 11.2 Å².